The molecule has 0 spiro atoms. The zero-order valence-corrected chi connectivity index (χ0v) is 17.8. The van der Waals surface area contributed by atoms with Crippen LogP contribution in [-0.4, -0.2) is 26.8 Å². The molecule has 33 heavy (non-hydrogen) atoms. The Bertz CT molecular complexity index is 1450. The van der Waals surface area contributed by atoms with Crippen LogP contribution < -0.4 is 5.32 Å². The molecule has 7 heteroatoms. The number of amides is 1. The number of fused-ring (bicyclic) bond motifs is 1. The zero-order valence-electron chi connectivity index (χ0n) is 17.8. The van der Waals surface area contributed by atoms with E-state index >= 15 is 0 Å². The van der Waals surface area contributed by atoms with Gasteiger partial charge in [-0.1, -0.05) is 47.6 Å². The molecule has 3 aromatic heterocycles. The van der Waals surface area contributed by atoms with Crippen LogP contribution in [0.25, 0.3) is 22.2 Å². The Kier molecular flexibility index (Phi) is 5.28. The highest BCUT2D eigenvalue weighted by Gasteiger charge is 2.25. The van der Waals surface area contributed by atoms with Gasteiger partial charge in [0.05, 0.1) is 17.8 Å². The lowest BCUT2D eigenvalue weighted by molar-refractivity contribution is 0.0950. The van der Waals surface area contributed by atoms with Crippen LogP contribution in [0.5, 0.6) is 0 Å². The molecule has 0 radical (unpaired) electrons. The van der Waals surface area contributed by atoms with E-state index < -0.39 is 0 Å². The molecule has 2 aromatic carbocycles. The summed E-state index contributed by atoms with van der Waals surface area (Å²) in [6, 6.07) is 20.2. The molecule has 0 unspecified atom stereocenters. The fraction of sp³-hybridized carbons (Fsp3) is 0.0769. The molecule has 5 aromatic rings. The van der Waals surface area contributed by atoms with Crippen molar-refractivity contribution >= 4 is 22.6 Å². The van der Waals surface area contributed by atoms with Gasteiger partial charge in [0.25, 0.3) is 5.91 Å². The van der Waals surface area contributed by atoms with Gasteiger partial charge in [-0.25, -0.2) is 0 Å². The Morgan fingerprint density at radius 1 is 1.03 bits per heavy atom. The maximum atomic E-state index is 13.5. The number of benzene rings is 2. The summed E-state index contributed by atoms with van der Waals surface area (Å²) in [6.45, 7) is 2.06. The average Bonchev–Trinajstić information content (AvgIpc) is 3.46. The lowest BCUT2D eigenvalue weighted by atomic mass is 9.97. The number of aryl methyl sites for hydroxylation is 1. The van der Waals surface area contributed by atoms with Crippen molar-refractivity contribution in [2.24, 2.45) is 0 Å². The van der Waals surface area contributed by atoms with Crippen molar-refractivity contribution in [1.29, 1.82) is 0 Å². The van der Waals surface area contributed by atoms with Gasteiger partial charge >= 0.3 is 0 Å². The smallest absolute Gasteiger partial charge is 0.251 e. The third kappa shape index (κ3) is 3.92. The molecule has 3 heterocycles. The maximum absolute atomic E-state index is 13.5. The van der Waals surface area contributed by atoms with Crippen LogP contribution in [-0.2, 0) is 6.54 Å². The van der Waals surface area contributed by atoms with E-state index in [-0.39, 0.29) is 11.7 Å². The number of nitrogens with zero attached hydrogens (tertiary/aromatic N) is 2. The molecule has 0 fully saturated rings. The normalized spacial score (nSPS) is 10.9. The first-order valence-electron chi connectivity index (χ1n) is 10.5. The Labute approximate surface area is 189 Å². The first kappa shape index (κ1) is 20.4. The Morgan fingerprint density at radius 3 is 2.64 bits per heavy atom. The van der Waals surface area contributed by atoms with Crippen molar-refractivity contribution in [3.05, 3.63) is 107 Å². The van der Waals surface area contributed by atoms with Crippen LogP contribution in [0.4, 0.5) is 0 Å². The summed E-state index contributed by atoms with van der Waals surface area (Å²) in [6.07, 6.45) is 3.34. The third-order valence-corrected chi connectivity index (χ3v) is 5.48. The van der Waals surface area contributed by atoms with Crippen molar-refractivity contribution in [1.82, 2.24) is 20.4 Å². The van der Waals surface area contributed by atoms with E-state index in [1.807, 2.05) is 48.5 Å². The fourth-order valence-corrected chi connectivity index (χ4v) is 3.80. The van der Waals surface area contributed by atoms with E-state index in [0.29, 0.717) is 40.2 Å². The Balaban J connectivity index is 1.42. The summed E-state index contributed by atoms with van der Waals surface area (Å²) in [5.74, 6) is 0.0520. The number of hydrogen-bond acceptors (Lipinski definition) is 5. The highest BCUT2D eigenvalue weighted by Crippen LogP contribution is 2.30. The summed E-state index contributed by atoms with van der Waals surface area (Å²) in [5.41, 5.74) is 4.21. The van der Waals surface area contributed by atoms with E-state index in [1.54, 1.807) is 37.5 Å². The molecule has 0 atom stereocenters. The monoisotopic (exact) mass is 436 g/mol. The largest absolute Gasteiger partial charge is 0.360 e. The molecule has 0 aliphatic rings. The molecule has 0 saturated heterocycles. The van der Waals surface area contributed by atoms with Crippen LogP contribution >= 0.6 is 0 Å². The number of hydrogen-bond donors (Lipinski definition) is 2. The minimum absolute atomic E-state index is 0.189. The molecule has 0 bridgehead atoms. The number of rotatable bonds is 6. The molecule has 162 valence electrons. The van der Waals surface area contributed by atoms with Gasteiger partial charge in [-0.05, 0) is 31.2 Å². The van der Waals surface area contributed by atoms with E-state index in [0.717, 1.165) is 16.6 Å². The summed E-state index contributed by atoms with van der Waals surface area (Å²) < 4.78 is 5.36. The number of pyridine rings is 1. The van der Waals surface area contributed by atoms with E-state index in [9.17, 15) is 9.59 Å². The number of nitrogens with one attached hydrogen (secondary N) is 2. The molecule has 7 nitrogen and oxygen atoms in total. The maximum Gasteiger partial charge on any atom is 0.251 e. The van der Waals surface area contributed by atoms with Crippen molar-refractivity contribution < 1.29 is 14.1 Å². The van der Waals surface area contributed by atoms with Gasteiger partial charge in [-0.3, -0.25) is 14.6 Å². The molecular formula is C26H20N4O3. The highest BCUT2D eigenvalue weighted by atomic mass is 16.5. The summed E-state index contributed by atoms with van der Waals surface area (Å²) in [7, 11) is 0. The van der Waals surface area contributed by atoms with Crippen LogP contribution in [0.15, 0.2) is 83.6 Å². The predicted molar refractivity (Wildman–Crippen MR) is 124 cm³/mol. The number of carbonyl (C=O) groups is 2. The average molecular weight is 436 g/mol. The molecule has 0 aliphatic carbocycles. The Morgan fingerprint density at radius 2 is 1.85 bits per heavy atom. The van der Waals surface area contributed by atoms with Crippen LogP contribution in [0.1, 0.15) is 37.7 Å². The third-order valence-electron chi connectivity index (χ3n) is 5.48. The van der Waals surface area contributed by atoms with Crippen LogP contribution in [0.3, 0.4) is 0 Å². The molecular weight excluding hydrogens is 416 g/mol. The van der Waals surface area contributed by atoms with Crippen molar-refractivity contribution in [3.8, 4) is 11.3 Å². The van der Waals surface area contributed by atoms with Gasteiger partial charge in [0.15, 0.2) is 0 Å². The number of H-pyrrole nitrogens is 1. The second-order valence-electron chi connectivity index (χ2n) is 7.62. The van der Waals surface area contributed by atoms with Gasteiger partial charge in [0, 0.05) is 40.0 Å². The molecule has 2 N–H and O–H groups in total. The number of carbonyl (C=O) groups excluding carboxylic acids is 2. The minimum Gasteiger partial charge on any atom is -0.360 e. The van der Waals surface area contributed by atoms with E-state index in [2.05, 4.69) is 20.4 Å². The lowest BCUT2D eigenvalue weighted by Crippen LogP contribution is -2.23. The van der Waals surface area contributed by atoms with Crippen LogP contribution in [0, 0.1) is 6.92 Å². The summed E-state index contributed by atoms with van der Waals surface area (Å²) in [5, 5.41) is 7.70. The van der Waals surface area contributed by atoms with Gasteiger partial charge in [0.2, 0.25) is 5.78 Å². The second-order valence-corrected chi connectivity index (χ2v) is 7.62. The second kappa shape index (κ2) is 8.55. The number of aromatic nitrogens is 3. The molecule has 0 aliphatic heterocycles. The first-order chi connectivity index (χ1) is 16.1. The van der Waals surface area contributed by atoms with Crippen molar-refractivity contribution in [3.63, 3.8) is 0 Å². The van der Waals surface area contributed by atoms with Gasteiger partial charge < -0.3 is 14.8 Å². The first-order valence-corrected chi connectivity index (χ1v) is 10.5. The van der Waals surface area contributed by atoms with Crippen molar-refractivity contribution in [2.45, 2.75) is 13.5 Å². The lowest BCUT2D eigenvalue weighted by Gasteiger charge is -2.05. The minimum atomic E-state index is -0.216. The van der Waals surface area contributed by atoms with Gasteiger partial charge in [-0.2, -0.15) is 0 Å². The predicted octanol–water partition coefficient (Wildman–Crippen LogP) is 4.69. The number of aromatic amines is 1. The standard InChI is InChI=1S/C26H20N4O3/c1-16-23(24(30-33-16)17-7-3-2-4-8-17)25(31)21-15-28-22-13-18(10-11-20(21)22)26(32)29-14-19-9-5-6-12-27-19/h2-13,15,28H,14H2,1H3,(H,29,32). The van der Waals surface area contributed by atoms with E-state index in [1.165, 1.54) is 0 Å². The zero-order chi connectivity index (χ0) is 22.8. The quantitative estimate of drug-likeness (QED) is 0.376. The van der Waals surface area contributed by atoms with Crippen LogP contribution in [0.2, 0.25) is 0 Å². The topological polar surface area (TPSA) is 101 Å². The summed E-state index contributed by atoms with van der Waals surface area (Å²) in [4.78, 5) is 33.4. The molecule has 1 amide bonds. The van der Waals surface area contributed by atoms with E-state index in [4.69, 9.17) is 4.52 Å². The van der Waals surface area contributed by atoms with Crippen molar-refractivity contribution in [2.75, 3.05) is 0 Å². The SMILES string of the molecule is Cc1onc(-c2ccccc2)c1C(=O)c1c[nH]c2cc(C(=O)NCc3ccccn3)ccc12. The molecule has 0 saturated carbocycles. The van der Waals surface area contributed by atoms with Gasteiger partial charge in [0.1, 0.15) is 11.5 Å². The highest BCUT2D eigenvalue weighted by molar-refractivity contribution is 6.19. The Hall–Kier alpha value is -4.52. The fourth-order valence-electron chi connectivity index (χ4n) is 3.80. The number of ketones is 1. The van der Waals surface area contributed by atoms with Gasteiger partial charge in [-0.15, -0.1) is 0 Å². The molecule has 5 rings (SSSR count). The summed E-state index contributed by atoms with van der Waals surface area (Å²) >= 11 is 0.